The molecule has 3 aromatic rings. The number of anilines is 1. The van der Waals surface area contributed by atoms with Gasteiger partial charge in [-0.25, -0.2) is 0 Å². The molecule has 1 aliphatic rings. The first-order chi connectivity index (χ1) is 13.9. The second-order valence-electron chi connectivity index (χ2n) is 8.01. The van der Waals surface area contributed by atoms with E-state index in [-0.39, 0.29) is 11.8 Å². The van der Waals surface area contributed by atoms with Crippen molar-refractivity contribution in [2.24, 2.45) is 5.92 Å². The Hall–Kier alpha value is -3.21. The molecule has 0 saturated carbocycles. The number of aryl methyl sites for hydroxylation is 1. The van der Waals surface area contributed by atoms with Gasteiger partial charge in [0.15, 0.2) is 0 Å². The van der Waals surface area contributed by atoms with E-state index in [1.165, 1.54) is 4.90 Å². The Morgan fingerprint density at radius 2 is 1.79 bits per heavy atom. The van der Waals surface area contributed by atoms with Crippen molar-refractivity contribution < 1.29 is 9.59 Å². The number of nitrogens with one attached hydrogen (secondary N) is 1. The molecule has 5 nitrogen and oxygen atoms in total. The van der Waals surface area contributed by atoms with Gasteiger partial charge in [-0.2, -0.15) is 0 Å². The molecule has 1 aliphatic carbocycles. The average molecular weight is 387 g/mol. The van der Waals surface area contributed by atoms with Crippen LogP contribution in [0, 0.1) is 5.92 Å². The summed E-state index contributed by atoms with van der Waals surface area (Å²) in [6.45, 7) is 2.22. The Morgan fingerprint density at radius 3 is 2.52 bits per heavy atom. The summed E-state index contributed by atoms with van der Waals surface area (Å²) in [5, 5.41) is 3.91. The van der Waals surface area contributed by atoms with Crippen LogP contribution in [0.2, 0.25) is 0 Å². The fourth-order valence-corrected chi connectivity index (χ4v) is 3.97. The van der Waals surface area contributed by atoms with Crippen molar-refractivity contribution in [3.63, 3.8) is 0 Å². The van der Waals surface area contributed by atoms with Crippen molar-refractivity contribution in [2.45, 2.75) is 26.2 Å². The second kappa shape index (κ2) is 7.66. The largest absolute Gasteiger partial charge is 0.345 e. The fourth-order valence-electron chi connectivity index (χ4n) is 3.97. The Morgan fingerprint density at radius 1 is 1.07 bits per heavy atom. The van der Waals surface area contributed by atoms with Gasteiger partial charge in [0.2, 0.25) is 0 Å². The van der Waals surface area contributed by atoms with Crippen LogP contribution in [-0.2, 0) is 12.8 Å². The monoisotopic (exact) mass is 387 g/mol. The first-order valence-corrected chi connectivity index (χ1v) is 9.97. The molecule has 2 aromatic carbocycles. The highest BCUT2D eigenvalue weighted by molar-refractivity contribution is 6.13. The first-order valence-electron chi connectivity index (χ1n) is 9.97. The molecule has 4 rings (SSSR count). The maximum atomic E-state index is 13.3. The number of carbonyl (C=O) groups excluding carboxylic acids is 2. The smallest absolute Gasteiger partial charge is 0.256 e. The number of hydrogen-bond donors (Lipinski definition) is 1. The Labute approximate surface area is 170 Å². The zero-order valence-corrected chi connectivity index (χ0v) is 17.0. The van der Waals surface area contributed by atoms with Crippen LogP contribution in [0.15, 0.2) is 48.5 Å². The fraction of sp³-hybridized carbons (Fsp3) is 0.292. The molecule has 1 N–H and O–H groups in total. The lowest BCUT2D eigenvalue weighted by Crippen LogP contribution is -2.22. The van der Waals surface area contributed by atoms with Crippen molar-refractivity contribution in [2.75, 3.05) is 19.4 Å². The average Bonchev–Trinajstić information content (AvgIpc) is 2.72. The van der Waals surface area contributed by atoms with Gasteiger partial charge in [0, 0.05) is 36.4 Å². The minimum absolute atomic E-state index is 0.0638. The highest BCUT2D eigenvalue weighted by Gasteiger charge is 2.25. The molecule has 29 heavy (non-hydrogen) atoms. The third-order valence-electron chi connectivity index (χ3n) is 5.53. The molecule has 0 bridgehead atoms. The van der Waals surface area contributed by atoms with E-state index >= 15 is 0 Å². The van der Waals surface area contributed by atoms with E-state index in [0.717, 1.165) is 47.0 Å². The van der Waals surface area contributed by atoms with Crippen molar-refractivity contribution in [1.29, 1.82) is 0 Å². The van der Waals surface area contributed by atoms with Crippen LogP contribution < -0.4 is 5.32 Å². The van der Waals surface area contributed by atoms with Crippen LogP contribution in [0.5, 0.6) is 0 Å². The summed E-state index contributed by atoms with van der Waals surface area (Å²) in [5.74, 6) is 0.347. The molecule has 0 saturated heterocycles. The molecule has 5 heteroatoms. The van der Waals surface area contributed by atoms with Crippen LogP contribution in [0.25, 0.3) is 10.9 Å². The maximum absolute atomic E-state index is 13.3. The van der Waals surface area contributed by atoms with E-state index in [1.807, 2.05) is 24.3 Å². The number of nitrogens with zero attached hydrogens (tertiary/aromatic N) is 2. The minimum Gasteiger partial charge on any atom is -0.345 e. The SMILES string of the molecule is C[C@H]1CCc2nc3ccccc3c(C(=O)Nc3ccc(C(=O)N(C)C)cc3)c2C1. The zero-order valence-electron chi connectivity index (χ0n) is 17.0. The lowest BCUT2D eigenvalue weighted by Gasteiger charge is -2.24. The molecule has 2 amide bonds. The predicted molar refractivity (Wildman–Crippen MR) is 115 cm³/mol. The maximum Gasteiger partial charge on any atom is 0.256 e. The molecule has 0 radical (unpaired) electrons. The van der Waals surface area contributed by atoms with Gasteiger partial charge in [-0.05, 0) is 61.1 Å². The van der Waals surface area contributed by atoms with Gasteiger partial charge >= 0.3 is 0 Å². The summed E-state index contributed by atoms with van der Waals surface area (Å²) in [7, 11) is 3.44. The Balaban J connectivity index is 1.70. The van der Waals surface area contributed by atoms with Crippen LogP contribution in [0.3, 0.4) is 0 Å². The van der Waals surface area contributed by atoms with Gasteiger partial charge in [-0.15, -0.1) is 0 Å². The van der Waals surface area contributed by atoms with Gasteiger partial charge in [-0.3, -0.25) is 14.6 Å². The molecular weight excluding hydrogens is 362 g/mol. The van der Waals surface area contributed by atoms with Gasteiger partial charge < -0.3 is 10.2 Å². The Bertz CT molecular complexity index is 1090. The predicted octanol–water partition coefficient (Wildman–Crippen LogP) is 4.31. The van der Waals surface area contributed by atoms with E-state index in [2.05, 4.69) is 12.2 Å². The van der Waals surface area contributed by atoms with Crippen LogP contribution in [-0.4, -0.2) is 35.8 Å². The number of amides is 2. The number of hydrogen-bond acceptors (Lipinski definition) is 3. The standard InChI is InChI=1S/C24H25N3O2/c1-15-8-13-21-19(14-15)22(18-6-4-5-7-20(18)26-21)23(28)25-17-11-9-16(10-12-17)24(29)27(2)3/h4-7,9-12,15H,8,13-14H2,1-3H3,(H,25,28)/t15-/m0/s1. The molecule has 148 valence electrons. The molecule has 1 heterocycles. The molecule has 0 unspecified atom stereocenters. The van der Waals surface area contributed by atoms with Crippen molar-refractivity contribution in [3.8, 4) is 0 Å². The lowest BCUT2D eigenvalue weighted by molar-refractivity contribution is 0.0827. The molecular formula is C24H25N3O2. The number of aromatic nitrogens is 1. The van der Waals surface area contributed by atoms with Crippen LogP contribution in [0.1, 0.15) is 45.3 Å². The van der Waals surface area contributed by atoms with Crippen molar-refractivity contribution in [3.05, 3.63) is 70.9 Å². The second-order valence-corrected chi connectivity index (χ2v) is 8.01. The van der Waals surface area contributed by atoms with Crippen LogP contribution >= 0.6 is 0 Å². The molecule has 1 atom stereocenters. The number of carbonyl (C=O) groups is 2. The summed E-state index contributed by atoms with van der Waals surface area (Å²) >= 11 is 0. The van der Waals surface area contributed by atoms with Gasteiger partial charge in [0.05, 0.1) is 11.1 Å². The third kappa shape index (κ3) is 3.73. The number of fused-ring (bicyclic) bond motifs is 2. The number of benzene rings is 2. The zero-order chi connectivity index (χ0) is 20.5. The quantitative estimate of drug-likeness (QED) is 0.728. The summed E-state index contributed by atoms with van der Waals surface area (Å²) in [5.41, 5.74) is 4.96. The molecule has 1 aromatic heterocycles. The lowest BCUT2D eigenvalue weighted by atomic mass is 9.84. The normalized spacial score (nSPS) is 15.6. The van der Waals surface area contributed by atoms with Crippen molar-refractivity contribution >= 4 is 28.4 Å². The van der Waals surface area contributed by atoms with E-state index in [1.54, 1.807) is 38.4 Å². The van der Waals surface area contributed by atoms with Crippen molar-refractivity contribution in [1.82, 2.24) is 9.88 Å². The summed E-state index contributed by atoms with van der Waals surface area (Å²) in [4.78, 5) is 31.7. The third-order valence-corrected chi connectivity index (χ3v) is 5.53. The summed E-state index contributed by atoms with van der Waals surface area (Å²) in [6.07, 6.45) is 2.87. The molecule has 0 fully saturated rings. The molecule has 0 aliphatic heterocycles. The topological polar surface area (TPSA) is 62.3 Å². The Kier molecular flexibility index (Phi) is 5.05. The number of rotatable bonds is 3. The number of pyridine rings is 1. The number of para-hydroxylation sites is 1. The summed E-state index contributed by atoms with van der Waals surface area (Å²) in [6, 6.07) is 14.8. The van der Waals surface area contributed by atoms with Gasteiger partial charge in [-0.1, -0.05) is 25.1 Å². The molecule has 0 spiro atoms. The van der Waals surface area contributed by atoms with E-state index in [0.29, 0.717) is 17.2 Å². The van der Waals surface area contributed by atoms with Crippen LogP contribution in [0.4, 0.5) is 5.69 Å². The first kappa shape index (κ1) is 19.1. The van der Waals surface area contributed by atoms with E-state index in [4.69, 9.17) is 4.98 Å². The van der Waals surface area contributed by atoms with E-state index in [9.17, 15) is 9.59 Å². The van der Waals surface area contributed by atoms with Gasteiger partial charge in [0.25, 0.3) is 11.8 Å². The van der Waals surface area contributed by atoms with Gasteiger partial charge in [0.1, 0.15) is 0 Å². The highest BCUT2D eigenvalue weighted by Crippen LogP contribution is 2.32. The highest BCUT2D eigenvalue weighted by atomic mass is 16.2. The summed E-state index contributed by atoms with van der Waals surface area (Å²) < 4.78 is 0. The van der Waals surface area contributed by atoms with E-state index < -0.39 is 0 Å². The minimum atomic E-state index is -0.124.